The Balaban J connectivity index is 1.19. The number of thioether (sulfide) groups is 1. The molecule has 8 atom stereocenters. The third-order valence-corrected chi connectivity index (χ3v) is 11.3. The lowest BCUT2D eigenvalue weighted by Crippen LogP contribution is -2.62. The van der Waals surface area contributed by atoms with Gasteiger partial charge in [-0.2, -0.15) is 0 Å². The maximum Gasteiger partial charge on any atom is 0.344 e. The van der Waals surface area contributed by atoms with Crippen molar-refractivity contribution < 1.29 is 34.1 Å². The number of rotatable bonds is 4. The van der Waals surface area contributed by atoms with Crippen LogP contribution in [0.25, 0.3) is 0 Å². The molecule has 0 spiro atoms. The number of esters is 1. The van der Waals surface area contributed by atoms with Gasteiger partial charge in [-0.15, -0.1) is 0 Å². The fourth-order valence-corrected chi connectivity index (χ4v) is 9.15. The minimum absolute atomic E-state index is 0.0138. The van der Waals surface area contributed by atoms with Gasteiger partial charge in [0.15, 0.2) is 11.4 Å². The molecule has 1 heterocycles. The van der Waals surface area contributed by atoms with Gasteiger partial charge in [0, 0.05) is 16.7 Å². The van der Waals surface area contributed by atoms with E-state index < -0.39 is 33.8 Å². The molecule has 1 aromatic carbocycles. The molecular formula is C30H33NO7S. The van der Waals surface area contributed by atoms with E-state index in [2.05, 4.69) is 12.2 Å². The van der Waals surface area contributed by atoms with E-state index in [4.69, 9.17) is 4.74 Å². The second-order valence-corrected chi connectivity index (χ2v) is 13.4. The van der Waals surface area contributed by atoms with E-state index in [1.807, 2.05) is 13.0 Å². The van der Waals surface area contributed by atoms with Crippen molar-refractivity contribution in [2.45, 2.75) is 69.3 Å². The summed E-state index contributed by atoms with van der Waals surface area (Å²) in [5.41, 5.74) is -1.12. The molecule has 6 rings (SSSR count). The number of allylic oxidation sites excluding steroid dienone is 4. The second-order valence-electron chi connectivity index (χ2n) is 12.2. The summed E-state index contributed by atoms with van der Waals surface area (Å²) >= 11 is 0.963. The number of carbonyl (C=O) groups is 4. The summed E-state index contributed by atoms with van der Waals surface area (Å²) in [7, 11) is 0. The summed E-state index contributed by atoms with van der Waals surface area (Å²) in [6.07, 6.45) is 7.65. The topological polar surface area (TPSA) is 130 Å². The highest BCUT2D eigenvalue weighted by Gasteiger charge is 2.69. The SMILES string of the molecule is C[C@]12C=CC(=O)C=C1CCC1C2C(O)C[C@@]2(C)C1CC[C@]2(O)C(=O)Oc1ccc(CC2SC(=O)NC2=O)cc1. The van der Waals surface area contributed by atoms with E-state index >= 15 is 0 Å². The summed E-state index contributed by atoms with van der Waals surface area (Å²) in [6.45, 7) is 4.01. The Kier molecular flexibility index (Phi) is 6.21. The van der Waals surface area contributed by atoms with Gasteiger partial charge < -0.3 is 14.9 Å². The molecule has 1 aliphatic heterocycles. The normalized spacial score (nSPS) is 40.9. The van der Waals surface area contributed by atoms with Crippen LogP contribution in [0.3, 0.4) is 0 Å². The molecule has 0 bridgehead atoms. The highest BCUT2D eigenvalue weighted by molar-refractivity contribution is 8.15. The number of fused-ring (bicyclic) bond motifs is 5. The quantitative estimate of drug-likeness (QED) is 0.383. The fraction of sp³-hybridized carbons (Fsp3) is 0.533. The molecule has 39 heavy (non-hydrogen) atoms. The van der Waals surface area contributed by atoms with Crippen LogP contribution in [0.15, 0.2) is 48.1 Å². The monoisotopic (exact) mass is 551 g/mol. The first-order valence-corrected chi connectivity index (χ1v) is 14.5. The number of hydrogen-bond acceptors (Lipinski definition) is 8. The maximum atomic E-state index is 13.5. The lowest BCUT2D eigenvalue weighted by molar-refractivity contribution is -0.189. The molecule has 3 saturated carbocycles. The van der Waals surface area contributed by atoms with Gasteiger partial charge in [0.1, 0.15) is 5.75 Å². The Labute approximate surface area is 231 Å². The van der Waals surface area contributed by atoms with Crippen LogP contribution in [0.4, 0.5) is 4.79 Å². The third kappa shape index (κ3) is 4.04. The Bertz CT molecular complexity index is 1320. The van der Waals surface area contributed by atoms with Crippen molar-refractivity contribution in [1.82, 2.24) is 5.32 Å². The number of aliphatic hydroxyl groups excluding tert-OH is 1. The number of imide groups is 1. The van der Waals surface area contributed by atoms with E-state index in [9.17, 15) is 29.4 Å². The largest absolute Gasteiger partial charge is 0.424 e. The lowest BCUT2D eigenvalue weighted by atomic mass is 9.46. The number of hydrogen-bond donors (Lipinski definition) is 3. The van der Waals surface area contributed by atoms with Gasteiger partial charge in [-0.3, -0.25) is 19.7 Å². The minimum atomic E-state index is -1.74. The van der Waals surface area contributed by atoms with Crippen LogP contribution in [0.1, 0.15) is 51.5 Å². The molecule has 5 aliphatic rings. The van der Waals surface area contributed by atoms with Crippen molar-refractivity contribution in [2.24, 2.45) is 28.6 Å². The zero-order valence-corrected chi connectivity index (χ0v) is 22.8. The predicted molar refractivity (Wildman–Crippen MR) is 144 cm³/mol. The van der Waals surface area contributed by atoms with Crippen LogP contribution < -0.4 is 10.1 Å². The average Bonchev–Trinajstić information content (AvgIpc) is 3.34. The first kappa shape index (κ1) is 26.5. The van der Waals surface area contributed by atoms with Crippen molar-refractivity contribution >= 4 is 34.7 Å². The molecule has 2 amide bonds. The molecule has 1 saturated heterocycles. The Morgan fingerprint density at radius 3 is 2.59 bits per heavy atom. The van der Waals surface area contributed by atoms with E-state index in [0.717, 1.165) is 35.7 Å². The summed E-state index contributed by atoms with van der Waals surface area (Å²) in [4.78, 5) is 48.8. The Morgan fingerprint density at radius 1 is 1.15 bits per heavy atom. The van der Waals surface area contributed by atoms with E-state index in [0.29, 0.717) is 12.8 Å². The number of amides is 2. The van der Waals surface area contributed by atoms with Crippen LogP contribution in [-0.2, 0) is 20.8 Å². The summed E-state index contributed by atoms with van der Waals surface area (Å²) in [6, 6.07) is 6.74. The molecular weight excluding hydrogens is 518 g/mol. The fourth-order valence-electron chi connectivity index (χ4n) is 8.29. The number of carbonyl (C=O) groups excluding carboxylic acids is 4. The molecule has 4 fully saturated rings. The number of ether oxygens (including phenoxy) is 1. The van der Waals surface area contributed by atoms with Crippen LogP contribution in [0, 0.1) is 28.6 Å². The first-order valence-electron chi connectivity index (χ1n) is 13.6. The van der Waals surface area contributed by atoms with Gasteiger partial charge in [0.2, 0.25) is 5.91 Å². The van der Waals surface area contributed by atoms with Gasteiger partial charge in [-0.25, -0.2) is 4.79 Å². The van der Waals surface area contributed by atoms with Gasteiger partial charge in [-0.05, 0) is 80.2 Å². The molecule has 0 aromatic heterocycles. The molecule has 5 unspecified atom stereocenters. The van der Waals surface area contributed by atoms with Crippen LogP contribution in [0.2, 0.25) is 0 Å². The van der Waals surface area contributed by atoms with Crippen LogP contribution in [-0.4, -0.2) is 50.1 Å². The highest BCUT2D eigenvalue weighted by atomic mass is 32.2. The smallest absolute Gasteiger partial charge is 0.344 e. The maximum absolute atomic E-state index is 13.5. The molecule has 9 heteroatoms. The van der Waals surface area contributed by atoms with Crippen LogP contribution >= 0.6 is 11.8 Å². The number of aliphatic hydroxyl groups is 2. The Morgan fingerprint density at radius 2 is 1.90 bits per heavy atom. The summed E-state index contributed by atoms with van der Waals surface area (Å²) in [5, 5.41) is 24.8. The molecule has 4 aliphatic carbocycles. The van der Waals surface area contributed by atoms with Gasteiger partial charge in [-0.1, -0.05) is 49.4 Å². The van der Waals surface area contributed by atoms with Crippen molar-refractivity contribution in [3.8, 4) is 5.75 Å². The zero-order chi connectivity index (χ0) is 27.7. The highest BCUT2D eigenvalue weighted by Crippen LogP contribution is 2.67. The Hall–Kier alpha value is -2.75. The van der Waals surface area contributed by atoms with Crippen molar-refractivity contribution in [1.29, 1.82) is 0 Å². The van der Waals surface area contributed by atoms with Gasteiger partial charge in [0.05, 0.1) is 11.4 Å². The van der Waals surface area contributed by atoms with Crippen LogP contribution in [0.5, 0.6) is 5.75 Å². The average molecular weight is 552 g/mol. The van der Waals surface area contributed by atoms with Crippen molar-refractivity contribution in [3.05, 3.63) is 53.6 Å². The molecule has 0 radical (unpaired) electrons. The van der Waals surface area contributed by atoms with Gasteiger partial charge in [0.25, 0.3) is 5.24 Å². The number of benzene rings is 1. The number of ketones is 1. The number of nitrogens with one attached hydrogen (secondary N) is 1. The zero-order valence-electron chi connectivity index (χ0n) is 22.0. The summed E-state index contributed by atoms with van der Waals surface area (Å²) < 4.78 is 5.70. The summed E-state index contributed by atoms with van der Waals surface area (Å²) in [5.74, 6) is -0.689. The van der Waals surface area contributed by atoms with Gasteiger partial charge >= 0.3 is 5.97 Å². The van der Waals surface area contributed by atoms with Crippen molar-refractivity contribution in [2.75, 3.05) is 0 Å². The second kappa shape index (κ2) is 9.14. The van der Waals surface area contributed by atoms with E-state index in [-0.39, 0.29) is 53.3 Å². The predicted octanol–water partition coefficient (Wildman–Crippen LogP) is 3.50. The lowest BCUT2D eigenvalue weighted by Gasteiger charge is -2.59. The van der Waals surface area contributed by atoms with Crippen molar-refractivity contribution in [3.63, 3.8) is 0 Å². The minimum Gasteiger partial charge on any atom is -0.424 e. The standard InChI is InChI=1S/C30H33NO7S/c1-28-11-9-18(32)14-17(28)5-8-20-21-10-12-30(37,29(21,2)15-22(33)24(20)28)26(35)38-19-6-3-16(4-7-19)13-23-25(34)31-27(36)39-23/h3-4,6-7,9,11,14,20-24,33,37H,5,8,10,12-13,15H2,1-2H3,(H,31,34,36)/t20?,21?,22?,23?,24?,28-,29-,30-/m0/s1. The third-order valence-electron chi connectivity index (χ3n) is 10.3. The molecule has 3 N–H and O–H groups in total. The molecule has 8 nitrogen and oxygen atoms in total. The van der Waals surface area contributed by atoms with E-state index in [1.165, 1.54) is 0 Å². The first-order chi connectivity index (χ1) is 18.4. The van der Waals surface area contributed by atoms with E-state index in [1.54, 1.807) is 36.4 Å². The molecule has 1 aromatic rings. The molecule has 206 valence electrons.